The summed E-state index contributed by atoms with van der Waals surface area (Å²) in [5.41, 5.74) is 0. The fourth-order valence-corrected chi connectivity index (χ4v) is 7.12. The van der Waals surface area contributed by atoms with E-state index >= 15 is 0 Å². The van der Waals surface area contributed by atoms with Crippen molar-refractivity contribution >= 4 is 21.6 Å². The van der Waals surface area contributed by atoms with Crippen molar-refractivity contribution in [3.63, 3.8) is 0 Å². The number of aliphatic hydroxyl groups excluding tert-OH is 1. The lowest BCUT2D eigenvalue weighted by Crippen LogP contribution is -2.57. The molecule has 0 spiro atoms. The van der Waals surface area contributed by atoms with E-state index in [1.807, 2.05) is 6.07 Å². The summed E-state index contributed by atoms with van der Waals surface area (Å²) in [7, 11) is -3.00. The Morgan fingerprint density at radius 1 is 1.19 bits per heavy atom. The molecule has 9 heteroatoms. The van der Waals surface area contributed by atoms with Gasteiger partial charge in [-0.25, -0.2) is 13.4 Å². The number of hydrogen-bond acceptors (Lipinski definition) is 8. The average molecular weight is 379 g/mol. The zero-order valence-corrected chi connectivity index (χ0v) is 15.5. The van der Waals surface area contributed by atoms with Crippen LogP contribution in [0, 0.1) is 11.8 Å². The van der Waals surface area contributed by atoms with Gasteiger partial charge >= 0.3 is 0 Å². The van der Waals surface area contributed by atoms with Crippen LogP contribution in [0.1, 0.15) is 12.8 Å². The van der Waals surface area contributed by atoms with Crippen molar-refractivity contribution in [1.82, 2.24) is 15.3 Å². The van der Waals surface area contributed by atoms with Crippen LogP contribution in [0.25, 0.3) is 0 Å². The summed E-state index contributed by atoms with van der Waals surface area (Å²) in [6, 6.07) is 1.80. The normalized spacial score (nSPS) is 38.4. The summed E-state index contributed by atoms with van der Waals surface area (Å²) in [6.07, 6.45) is 3.72. The molecule has 3 aliphatic heterocycles. The van der Waals surface area contributed by atoms with E-state index in [0.717, 1.165) is 44.8 Å². The molecule has 142 valence electrons. The minimum atomic E-state index is -3.00. The fourth-order valence-electron chi connectivity index (χ4n) is 5.16. The molecule has 1 aromatic rings. The Morgan fingerprint density at radius 2 is 1.96 bits per heavy atom. The molecular weight excluding hydrogens is 354 g/mol. The third-order valence-electron chi connectivity index (χ3n) is 6.47. The smallest absolute Gasteiger partial charge is 0.227 e. The predicted octanol–water partition coefficient (Wildman–Crippen LogP) is -0.741. The van der Waals surface area contributed by atoms with Crippen molar-refractivity contribution in [3.8, 4) is 0 Å². The van der Waals surface area contributed by atoms with Crippen molar-refractivity contribution in [3.05, 3.63) is 12.3 Å². The molecule has 5 atom stereocenters. The number of aliphatic hydroxyl groups is 1. The Kier molecular flexibility index (Phi) is 3.88. The molecule has 1 unspecified atom stereocenters. The zero-order valence-electron chi connectivity index (χ0n) is 14.7. The lowest BCUT2D eigenvalue weighted by atomic mass is 9.95. The van der Waals surface area contributed by atoms with Crippen LogP contribution in [0.15, 0.2) is 12.3 Å². The summed E-state index contributed by atoms with van der Waals surface area (Å²) >= 11 is 0. The highest BCUT2D eigenvalue weighted by Gasteiger charge is 2.44. The Hall–Kier alpha value is -1.45. The van der Waals surface area contributed by atoms with Gasteiger partial charge in [-0.15, -0.1) is 0 Å². The number of nitrogens with zero attached hydrogens (tertiary/aromatic N) is 4. The lowest BCUT2D eigenvalue weighted by molar-refractivity contribution is 0.0788. The van der Waals surface area contributed by atoms with E-state index < -0.39 is 9.84 Å². The van der Waals surface area contributed by atoms with Gasteiger partial charge in [0, 0.05) is 50.3 Å². The van der Waals surface area contributed by atoms with Gasteiger partial charge in [0.2, 0.25) is 5.95 Å². The van der Waals surface area contributed by atoms with Gasteiger partial charge in [-0.05, 0) is 18.9 Å². The third-order valence-corrected chi connectivity index (χ3v) is 8.19. The summed E-state index contributed by atoms with van der Waals surface area (Å²) in [5, 5.41) is 13.6. The summed E-state index contributed by atoms with van der Waals surface area (Å²) in [6.45, 7) is 3.10. The maximum absolute atomic E-state index is 12.1. The maximum Gasteiger partial charge on any atom is 0.227 e. The van der Waals surface area contributed by atoms with Crippen molar-refractivity contribution in [2.45, 2.75) is 31.0 Å². The van der Waals surface area contributed by atoms with Crippen LogP contribution < -0.4 is 15.1 Å². The number of aromatic nitrogens is 2. The molecular formula is C17H25N5O3S. The van der Waals surface area contributed by atoms with Gasteiger partial charge in [0.1, 0.15) is 5.82 Å². The average Bonchev–Trinajstić information content (AvgIpc) is 3.02. The molecule has 4 aliphatic rings. The number of piperidine rings is 1. The first-order valence-corrected chi connectivity index (χ1v) is 11.3. The van der Waals surface area contributed by atoms with Gasteiger partial charge in [-0.3, -0.25) is 0 Å². The SMILES string of the molecule is O=S1(=O)C[C@@H]2NCCN(c3ccnc(N4C[C@H]5CC[C@@H](C4)C5O)n3)[C@@H]2C1. The topological polar surface area (TPSA) is 98.7 Å². The summed E-state index contributed by atoms with van der Waals surface area (Å²) < 4.78 is 24.1. The Bertz CT molecular complexity index is 789. The molecule has 2 bridgehead atoms. The molecule has 4 fully saturated rings. The van der Waals surface area contributed by atoms with Crippen molar-refractivity contribution in [1.29, 1.82) is 0 Å². The molecule has 4 heterocycles. The molecule has 26 heavy (non-hydrogen) atoms. The molecule has 1 aromatic heterocycles. The summed E-state index contributed by atoms with van der Waals surface area (Å²) in [4.78, 5) is 13.6. The Morgan fingerprint density at radius 3 is 2.73 bits per heavy atom. The second-order valence-corrected chi connectivity index (χ2v) is 10.3. The van der Waals surface area contributed by atoms with Gasteiger partial charge in [-0.1, -0.05) is 0 Å². The quantitative estimate of drug-likeness (QED) is 0.693. The Balaban J connectivity index is 1.40. The first kappa shape index (κ1) is 16.7. The number of hydrogen-bond donors (Lipinski definition) is 2. The van der Waals surface area contributed by atoms with E-state index in [9.17, 15) is 13.5 Å². The zero-order chi connectivity index (χ0) is 17.9. The number of piperazine rings is 1. The lowest BCUT2D eigenvalue weighted by Gasteiger charge is -2.39. The highest BCUT2D eigenvalue weighted by molar-refractivity contribution is 7.91. The van der Waals surface area contributed by atoms with Crippen LogP contribution in [-0.4, -0.2) is 79.4 Å². The first-order chi connectivity index (χ1) is 12.5. The van der Waals surface area contributed by atoms with Gasteiger partial charge in [0.25, 0.3) is 0 Å². The minimum absolute atomic E-state index is 0.0202. The van der Waals surface area contributed by atoms with Crippen LogP contribution in [0.4, 0.5) is 11.8 Å². The van der Waals surface area contributed by atoms with Gasteiger partial charge in [0.15, 0.2) is 9.84 Å². The maximum atomic E-state index is 12.1. The number of anilines is 2. The Labute approximate surface area is 153 Å². The van der Waals surface area contributed by atoms with Crippen molar-refractivity contribution < 1.29 is 13.5 Å². The number of sulfone groups is 1. The van der Waals surface area contributed by atoms with Gasteiger partial charge < -0.3 is 20.2 Å². The van der Waals surface area contributed by atoms with Crippen molar-refractivity contribution in [2.24, 2.45) is 11.8 Å². The van der Waals surface area contributed by atoms with Gasteiger partial charge in [-0.2, -0.15) is 4.98 Å². The summed E-state index contributed by atoms with van der Waals surface area (Å²) in [5.74, 6) is 2.52. The highest BCUT2D eigenvalue weighted by Crippen LogP contribution is 2.38. The molecule has 8 nitrogen and oxygen atoms in total. The van der Waals surface area contributed by atoms with Crippen LogP contribution >= 0.6 is 0 Å². The van der Waals surface area contributed by atoms with Crippen molar-refractivity contribution in [2.75, 3.05) is 47.5 Å². The van der Waals surface area contributed by atoms with E-state index in [0.29, 0.717) is 17.8 Å². The van der Waals surface area contributed by atoms with E-state index in [2.05, 4.69) is 20.1 Å². The monoisotopic (exact) mass is 379 g/mol. The molecule has 3 saturated heterocycles. The predicted molar refractivity (Wildman–Crippen MR) is 98.0 cm³/mol. The molecule has 2 N–H and O–H groups in total. The molecule has 0 amide bonds. The molecule has 1 saturated carbocycles. The third kappa shape index (κ3) is 2.76. The van der Waals surface area contributed by atoms with Crippen LogP contribution in [-0.2, 0) is 9.84 Å². The molecule has 5 rings (SSSR count). The number of rotatable bonds is 2. The largest absolute Gasteiger partial charge is 0.392 e. The molecule has 1 aliphatic carbocycles. The number of nitrogens with one attached hydrogen (secondary N) is 1. The molecule has 0 radical (unpaired) electrons. The second-order valence-electron chi connectivity index (χ2n) is 8.11. The highest BCUT2D eigenvalue weighted by atomic mass is 32.2. The standard InChI is InChI=1S/C17H25N5O3S/c23-16-11-1-2-12(16)8-21(7-11)17-19-4-3-15(20-17)22-6-5-18-13-9-26(24,25)10-14(13)22/h3-4,11-14,16,18,23H,1-2,5-10H2/t11-,12+,13-,14+,16?/m0/s1. The fraction of sp³-hybridized carbons (Fsp3) is 0.765. The minimum Gasteiger partial charge on any atom is -0.392 e. The van der Waals surface area contributed by atoms with Crippen LogP contribution in [0.2, 0.25) is 0 Å². The van der Waals surface area contributed by atoms with E-state index in [-0.39, 0.29) is 29.7 Å². The number of fused-ring (bicyclic) bond motifs is 3. The van der Waals surface area contributed by atoms with Crippen LogP contribution in [0.5, 0.6) is 0 Å². The van der Waals surface area contributed by atoms with E-state index in [1.165, 1.54) is 0 Å². The van der Waals surface area contributed by atoms with Gasteiger partial charge in [0.05, 0.1) is 23.7 Å². The van der Waals surface area contributed by atoms with Crippen LogP contribution in [0.3, 0.4) is 0 Å². The second kappa shape index (κ2) is 6.03. The van der Waals surface area contributed by atoms with E-state index in [1.54, 1.807) is 6.20 Å². The van der Waals surface area contributed by atoms with E-state index in [4.69, 9.17) is 4.98 Å². The first-order valence-electron chi connectivity index (χ1n) is 9.47. The molecule has 0 aromatic carbocycles.